The predicted molar refractivity (Wildman–Crippen MR) is 126 cm³/mol. The molecule has 31 heavy (non-hydrogen) atoms. The minimum atomic E-state index is -3.67. The molecule has 2 rings (SSSR count). The van der Waals surface area contributed by atoms with Crippen molar-refractivity contribution in [2.24, 2.45) is 0 Å². The van der Waals surface area contributed by atoms with Crippen LogP contribution >= 0.6 is 0 Å². The highest BCUT2D eigenvalue weighted by molar-refractivity contribution is 7.92. The minimum Gasteiger partial charge on any atom is -0.496 e. The second kappa shape index (κ2) is 10.2. The van der Waals surface area contributed by atoms with E-state index in [2.05, 4.69) is 5.32 Å². The summed E-state index contributed by atoms with van der Waals surface area (Å²) in [4.78, 5) is 13.3. The fraction of sp³-hybridized carbons (Fsp3) is 0.458. The standard InChI is InChI=1S/C24H34N2O4S/c1-8-21(19-10-11-23(30-6)18(5)15-19)25-24(27)22(9-2)26(31(7,28)29)20-13-16(3)12-17(4)14-20/h10-15,21-22H,8-9H2,1-7H3,(H,25,27). The van der Waals surface area contributed by atoms with Crippen LogP contribution in [0.2, 0.25) is 0 Å². The Labute approximate surface area is 186 Å². The monoisotopic (exact) mass is 446 g/mol. The van der Waals surface area contributed by atoms with Gasteiger partial charge < -0.3 is 10.1 Å². The van der Waals surface area contributed by atoms with Crippen molar-refractivity contribution in [2.45, 2.75) is 59.5 Å². The van der Waals surface area contributed by atoms with Gasteiger partial charge in [-0.05, 0) is 74.1 Å². The molecular formula is C24H34N2O4S. The number of hydrogen-bond donors (Lipinski definition) is 1. The molecule has 6 nitrogen and oxygen atoms in total. The quantitative estimate of drug-likeness (QED) is 0.618. The van der Waals surface area contributed by atoms with E-state index in [0.29, 0.717) is 18.5 Å². The average Bonchev–Trinajstić information content (AvgIpc) is 2.67. The maximum Gasteiger partial charge on any atom is 0.244 e. The Morgan fingerprint density at radius 2 is 1.65 bits per heavy atom. The number of anilines is 1. The van der Waals surface area contributed by atoms with Crippen LogP contribution in [0.1, 0.15) is 55.0 Å². The number of benzene rings is 2. The number of methoxy groups -OCH3 is 1. The molecule has 0 aromatic heterocycles. The predicted octanol–water partition coefficient (Wildman–Crippen LogP) is 4.43. The summed E-state index contributed by atoms with van der Waals surface area (Å²) >= 11 is 0. The molecule has 2 atom stereocenters. The summed E-state index contributed by atoms with van der Waals surface area (Å²) in [6.45, 7) is 9.60. The Balaban J connectivity index is 2.39. The van der Waals surface area contributed by atoms with E-state index in [1.807, 2.05) is 58.9 Å². The number of rotatable bonds is 9. The zero-order chi connectivity index (χ0) is 23.3. The molecule has 2 aromatic carbocycles. The number of ether oxygens (including phenoxy) is 1. The molecule has 0 bridgehead atoms. The van der Waals surface area contributed by atoms with Crippen molar-refractivity contribution in [2.75, 3.05) is 17.7 Å². The summed E-state index contributed by atoms with van der Waals surface area (Å²) in [5.41, 5.74) is 4.34. The number of nitrogens with one attached hydrogen (secondary N) is 1. The van der Waals surface area contributed by atoms with E-state index in [9.17, 15) is 13.2 Å². The van der Waals surface area contributed by atoms with E-state index in [1.54, 1.807) is 19.2 Å². The second-order valence-corrected chi connectivity index (χ2v) is 9.89. The Morgan fingerprint density at radius 1 is 1.03 bits per heavy atom. The van der Waals surface area contributed by atoms with Crippen LogP contribution < -0.4 is 14.4 Å². The zero-order valence-corrected chi connectivity index (χ0v) is 20.3. The van der Waals surface area contributed by atoms with Gasteiger partial charge in [-0.2, -0.15) is 0 Å². The summed E-state index contributed by atoms with van der Waals surface area (Å²) in [7, 11) is -2.05. The van der Waals surface area contributed by atoms with Crippen molar-refractivity contribution in [1.82, 2.24) is 5.32 Å². The molecule has 0 aliphatic rings. The highest BCUT2D eigenvalue weighted by Crippen LogP contribution is 2.27. The lowest BCUT2D eigenvalue weighted by atomic mass is 10.0. The van der Waals surface area contributed by atoms with Crippen LogP contribution in [0.4, 0.5) is 5.69 Å². The maximum atomic E-state index is 13.3. The third kappa shape index (κ3) is 6.00. The molecule has 170 valence electrons. The minimum absolute atomic E-state index is 0.230. The average molecular weight is 447 g/mol. The topological polar surface area (TPSA) is 75.7 Å². The van der Waals surface area contributed by atoms with Crippen LogP contribution in [-0.2, 0) is 14.8 Å². The lowest BCUT2D eigenvalue weighted by Gasteiger charge is -2.32. The number of carbonyl (C=O) groups excluding carboxylic acids is 1. The summed E-state index contributed by atoms with van der Waals surface area (Å²) in [5, 5.41) is 3.06. The highest BCUT2D eigenvalue weighted by atomic mass is 32.2. The van der Waals surface area contributed by atoms with Gasteiger partial charge in [-0.3, -0.25) is 9.10 Å². The van der Waals surface area contributed by atoms with Gasteiger partial charge in [0.25, 0.3) is 0 Å². The molecule has 1 N–H and O–H groups in total. The van der Waals surface area contributed by atoms with Gasteiger partial charge in [0.15, 0.2) is 0 Å². The number of hydrogen-bond acceptors (Lipinski definition) is 4. The molecule has 0 saturated heterocycles. The van der Waals surface area contributed by atoms with Gasteiger partial charge in [0.05, 0.1) is 25.1 Å². The molecule has 0 saturated carbocycles. The first-order chi connectivity index (χ1) is 14.5. The van der Waals surface area contributed by atoms with Crippen molar-refractivity contribution in [3.8, 4) is 5.75 Å². The van der Waals surface area contributed by atoms with Crippen molar-refractivity contribution >= 4 is 21.6 Å². The largest absolute Gasteiger partial charge is 0.496 e. The third-order valence-electron chi connectivity index (χ3n) is 5.34. The molecule has 0 heterocycles. The normalized spacial score (nSPS) is 13.4. The first kappa shape index (κ1) is 24.7. The Kier molecular flexibility index (Phi) is 8.12. The Morgan fingerprint density at radius 3 is 2.10 bits per heavy atom. The van der Waals surface area contributed by atoms with Gasteiger partial charge >= 0.3 is 0 Å². The molecule has 0 fully saturated rings. The summed E-state index contributed by atoms with van der Waals surface area (Å²) in [5.74, 6) is 0.474. The van der Waals surface area contributed by atoms with E-state index >= 15 is 0 Å². The molecule has 2 unspecified atom stereocenters. The van der Waals surface area contributed by atoms with Crippen molar-refractivity contribution < 1.29 is 17.9 Å². The molecule has 0 radical (unpaired) electrons. The first-order valence-corrected chi connectivity index (χ1v) is 12.4. The fourth-order valence-electron chi connectivity index (χ4n) is 3.95. The SMILES string of the molecule is CCC(NC(=O)C(CC)N(c1cc(C)cc(C)c1)S(C)(=O)=O)c1ccc(OC)c(C)c1. The Hall–Kier alpha value is -2.54. The van der Waals surface area contributed by atoms with Gasteiger partial charge in [0.2, 0.25) is 15.9 Å². The van der Waals surface area contributed by atoms with Crippen LogP contribution in [0.5, 0.6) is 5.75 Å². The van der Waals surface area contributed by atoms with Gasteiger partial charge in [-0.1, -0.05) is 32.0 Å². The maximum absolute atomic E-state index is 13.3. The number of carbonyl (C=O) groups is 1. The third-order valence-corrected chi connectivity index (χ3v) is 6.52. The van der Waals surface area contributed by atoms with Crippen molar-refractivity contribution in [1.29, 1.82) is 0 Å². The number of sulfonamides is 1. The van der Waals surface area contributed by atoms with Gasteiger partial charge in [-0.15, -0.1) is 0 Å². The molecule has 0 spiro atoms. The van der Waals surface area contributed by atoms with E-state index in [0.717, 1.165) is 34.3 Å². The van der Waals surface area contributed by atoms with Crippen LogP contribution in [-0.4, -0.2) is 33.7 Å². The van der Waals surface area contributed by atoms with Gasteiger partial charge in [0.1, 0.15) is 11.8 Å². The number of amides is 1. The van der Waals surface area contributed by atoms with Gasteiger partial charge in [0, 0.05) is 0 Å². The second-order valence-electron chi connectivity index (χ2n) is 8.03. The molecule has 1 amide bonds. The fourth-order valence-corrected chi connectivity index (χ4v) is 5.14. The molecular weight excluding hydrogens is 412 g/mol. The molecule has 0 aliphatic heterocycles. The summed E-state index contributed by atoms with van der Waals surface area (Å²) < 4.78 is 32.0. The first-order valence-electron chi connectivity index (χ1n) is 10.5. The molecule has 0 aliphatic carbocycles. The van der Waals surface area contributed by atoms with E-state index < -0.39 is 16.1 Å². The van der Waals surface area contributed by atoms with Crippen molar-refractivity contribution in [3.05, 3.63) is 58.7 Å². The Bertz CT molecular complexity index is 1010. The van der Waals surface area contributed by atoms with E-state index in [-0.39, 0.29) is 11.9 Å². The van der Waals surface area contributed by atoms with Crippen LogP contribution in [0.3, 0.4) is 0 Å². The van der Waals surface area contributed by atoms with E-state index in [4.69, 9.17) is 4.74 Å². The van der Waals surface area contributed by atoms with Gasteiger partial charge in [-0.25, -0.2) is 8.42 Å². The smallest absolute Gasteiger partial charge is 0.244 e. The van der Waals surface area contributed by atoms with Crippen molar-refractivity contribution in [3.63, 3.8) is 0 Å². The van der Waals surface area contributed by atoms with E-state index in [1.165, 1.54) is 4.31 Å². The lowest BCUT2D eigenvalue weighted by Crippen LogP contribution is -2.50. The molecule has 2 aromatic rings. The summed E-state index contributed by atoms with van der Waals surface area (Å²) in [6.07, 6.45) is 2.17. The number of aryl methyl sites for hydroxylation is 3. The van der Waals surface area contributed by atoms with Crippen LogP contribution in [0.25, 0.3) is 0 Å². The van der Waals surface area contributed by atoms with Crippen LogP contribution in [0.15, 0.2) is 36.4 Å². The zero-order valence-electron chi connectivity index (χ0n) is 19.5. The highest BCUT2D eigenvalue weighted by Gasteiger charge is 2.32. The lowest BCUT2D eigenvalue weighted by molar-refractivity contribution is -0.123. The summed E-state index contributed by atoms with van der Waals surface area (Å²) in [6, 6.07) is 10.3. The number of nitrogens with zero attached hydrogens (tertiary/aromatic N) is 1. The molecule has 7 heteroatoms. The van der Waals surface area contributed by atoms with Crippen LogP contribution in [0, 0.1) is 20.8 Å².